The largest absolute Gasteiger partial charge is 0.490 e. The number of carbonyl (C=O) groups excluding carboxylic acids is 1. The summed E-state index contributed by atoms with van der Waals surface area (Å²) in [6.45, 7) is 7.83. The first kappa shape index (κ1) is 16.9. The Hall–Kier alpha value is -2.15. The van der Waals surface area contributed by atoms with Gasteiger partial charge in [0.05, 0.1) is 19.8 Å². The van der Waals surface area contributed by atoms with Crippen molar-refractivity contribution in [3.05, 3.63) is 23.8 Å². The highest BCUT2D eigenvalue weighted by molar-refractivity contribution is 5.95. The molecule has 0 radical (unpaired) electrons. The van der Waals surface area contributed by atoms with E-state index in [4.69, 9.17) is 15.9 Å². The van der Waals surface area contributed by atoms with Crippen molar-refractivity contribution < 1.29 is 14.3 Å². The molecule has 0 spiro atoms. The number of terminal acetylenes is 1. The van der Waals surface area contributed by atoms with Gasteiger partial charge in [-0.05, 0) is 38.5 Å². The summed E-state index contributed by atoms with van der Waals surface area (Å²) in [5.41, 5.74) is 0.561. The molecule has 0 aliphatic rings. The van der Waals surface area contributed by atoms with Gasteiger partial charge in [0.1, 0.15) is 0 Å². The van der Waals surface area contributed by atoms with Crippen molar-refractivity contribution in [2.75, 3.05) is 26.3 Å². The molecule has 0 aromatic heterocycles. The maximum atomic E-state index is 12.5. The molecule has 0 heterocycles. The van der Waals surface area contributed by atoms with Crippen LogP contribution in [-0.4, -0.2) is 37.1 Å². The Labute approximate surface area is 127 Å². The Morgan fingerprint density at radius 1 is 1.19 bits per heavy atom. The van der Waals surface area contributed by atoms with E-state index in [1.807, 2.05) is 20.8 Å². The fourth-order valence-corrected chi connectivity index (χ4v) is 2.00. The summed E-state index contributed by atoms with van der Waals surface area (Å²) in [5, 5.41) is 0. The topological polar surface area (TPSA) is 38.8 Å². The zero-order valence-electron chi connectivity index (χ0n) is 13.0. The molecule has 4 heteroatoms. The smallest absolute Gasteiger partial charge is 0.254 e. The van der Waals surface area contributed by atoms with Crippen molar-refractivity contribution in [2.45, 2.75) is 27.2 Å². The molecule has 1 aromatic carbocycles. The van der Waals surface area contributed by atoms with Gasteiger partial charge in [0.25, 0.3) is 5.91 Å². The highest BCUT2D eigenvalue weighted by Gasteiger charge is 2.16. The molecule has 0 aliphatic heterocycles. The Morgan fingerprint density at radius 2 is 1.86 bits per heavy atom. The maximum absolute atomic E-state index is 12.5. The van der Waals surface area contributed by atoms with Crippen LogP contribution in [-0.2, 0) is 0 Å². The number of hydrogen-bond donors (Lipinski definition) is 0. The van der Waals surface area contributed by atoms with Crippen molar-refractivity contribution in [3.8, 4) is 23.8 Å². The molecule has 0 bridgehead atoms. The van der Waals surface area contributed by atoms with Crippen LogP contribution in [0.5, 0.6) is 11.5 Å². The van der Waals surface area contributed by atoms with E-state index in [2.05, 4.69) is 5.92 Å². The van der Waals surface area contributed by atoms with E-state index < -0.39 is 0 Å². The summed E-state index contributed by atoms with van der Waals surface area (Å²) in [4.78, 5) is 14.1. The molecule has 0 saturated heterocycles. The Balaban J connectivity index is 3.03. The van der Waals surface area contributed by atoms with Crippen LogP contribution in [0.1, 0.15) is 37.6 Å². The van der Waals surface area contributed by atoms with Gasteiger partial charge in [-0.15, -0.1) is 6.42 Å². The van der Waals surface area contributed by atoms with Gasteiger partial charge in [-0.25, -0.2) is 0 Å². The average Bonchev–Trinajstić information content (AvgIpc) is 2.48. The number of nitrogens with zero attached hydrogens (tertiary/aromatic N) is 1. The van der Waals surface area contributed by atoms with E-state index in [0.29, 0.717) is 43.4 Å². The third-order valence-corrected chi connectivity index (χ3v) is 2.85. The van der Waals surface area contributed by atoms with E-state index >= 15 is 0 Å². The molecule has 0 unspecified atom stereocenters. The third kappa shape index (κ3) is 4.71. The summed E-state index contributed by atoms with van der Waals surface area (Å²) in [5.74, 6) is 3.67. The molecule has 4 nitrogen and oxygen atoms in total. The molecule has 1 amide bonds. The summed E-state index contributed by atoms with van der Waals surface area (Å²) in [6.07, 6.45) is 6.19. The number of amides is 1. The van der Waals surface area contributed by atoms with E-state index in [0.717, 1.165) is 6.42 Å². The zero-order valence-corrected chi connectivity index (χ0v) is 13.0. The van der Waals surface area contributed by atoms with Crippen molar-refractivity contribution in [2.24, 2.45) is 0 Å². The fourth-order valence-electron chi connectivity index (χ4n) is 2.00. The molecule has 1 aromatic rings. The second kappa shape index (κ2) is 8.91. The summed E-state index contributed by atoms with van der Waals surface area (Å²) in [7, 11) is 0. The second-order valence-electron chi connectivity index (χ2n) is 4.46. The van der Waals surface area contributed by atoms with Crippen LogP contribution in [0.15, 0.2) is 18.2 Å². The van der Waals surface area contributed by atoms with Crippen molar-refractivity contribution in [1.29, 1.82) is 0 Å². The van der Waals surface area contributed by atoms with Crippen LogP contribution >= 0.6 is 0 Å². The number of rotatable bonds is 8. The molecule has 0 saturated carbocycles. The number of benzene rings is 1. The molecular weight excluding hydrogens is 266 g/mol. The third-order valence-electron chi connectivity index (χ3n) is 2.85. The van der Waals surface area contributed by atoms with Crippen LogP contribution in [0.2, 0.25) is 0 Å². The van der Waals surface area contributed by atoms with Gasteiger partial charge in [-0.2, -0.15) is 0 Å². The summed E-state index contributed by atoms with van der Waals surface area (Å²) in [6, 6.07) is 5.23. The summed E-state index contributed by atoms with van der Waals surface area (Å²) >= 11 is 0. The zero-order chi connectivity index (χ0) is 15.7. The van der Waals surface area contributed by atoms with Crippen molar-refractivity contribution in [1.82, 2.24) is 4.90 Å². The Morgan fingerprint density at radius 3 is 2.43 bits per heavy atom. The van der Waals surface area contributed by atoms with E-state index in [1.165, 1.54) is 0 Å². The van der Waals surface area contributed by atoms with E-state index in [-0.39, 0.29) is 5.91 Å². The minimum atomic E-state index is -0.0844. The first-order valence-electron chi connectivity index (χ1n) is 7.30. The van der Waals surface area contributed by atoms with Crippen molar-refractivity contribution in [3.63, 3.8) is 0 Å². The normalized spacial score (nSPS) is 9.81. The first-order chi connectivity index (χ1) is 10.2. The fraction of sp³-hybridized carbons (Fsp3) is 0.471. The second-order valence-corrected chi connectivity index (χ2v) is 4.46. The molecule has 0 fully saturated rings. The minimum Gasteiger partial charge on any atom is -0.490 e. The molecule has 0 atom stereocenters. The number of ether oxygens (including phenoxy) is 2. The lowest BCUT2D eigenvalue weighted by molar-refractivity contribution is 0.0776. The van der Waals surface area contributed by atoms with Gasteiger partial charge >= 0.3 is 0 Å². The maximum Gasteiger partial charge on any atom is 0.254 e. The Bertz CT molecular complexity index is 505. The van der Waals surface area contributed by atoms with Gasteiger partial charge in [-0.1, -0.05) is 12.8 Å². The molecular formula is C17H23NO3. The van der Waals surface area contributed by atoms with Crippen LogP contribution < -0.4 is 9.47 Å². The lowest BCUT2D eigenvalue weighted by atomic mass is 10.1. The molecule has 0 N–H and O–H groups in total. The highest BCUT2D eigenvalue weighted by Crippen LogP contribution is 2.29. The lowest BCUT2D eigenvalue weighted by Gasteiger charge is -2.20. The molecule has 114 valence electrons. The monoisotopic (exact) mass is 289 g/mol. The van der Waals surface area contributed by atoms with Gasteiger partial charge in [-0.3, -0.25) is 4.79 Å². The minimum absolute atomic E-state index is 0.0844. The standard InChI is InChI=1S/C17H23NO3/c1-5-11-18(12-6-2)17(19)14-9-10-15(20-7-3)16(13-14)21-8-4/h1,9-10,13H,6-8,11-12H2,2-4H3. The van der Waals surface area contributed by atoms with E-state index in [9.17, 15) is 4.79 Å². The molecule has 1 rings (SSSR count). The van der Waals surface area contributed by atoms with Crippen LogP contribution in [0, 0.1) is 12.3 Å². The van der Waals surface area contributed by atoms with Crippen LogP contribution in [0.3, 0.4) is 0 Å². The van der Waals surface area contributed by atoms with Crippen molar-refractivity contribution >= 4 is 5.91 Å². The van der Waals surface area contributed by atoms with Gasteiger partial charge < -0.3 is 14.4 Å². The predicted octanol–water partition coefficient (Wildman–Crippen LogP) is 2.97. The molecule has 21 heavy (non-hydrogen) atoms. The highest BCUT2D eigenvalue weighted by atomic mass is 16.5. The quantitative estimate of drug-likeness (QED) is 0.691. The van der Waals surface area contributed by atoms with Gasteiger partial charge in [0.15, 0.2) is 11.5 Å². The van der Waals surface area contributed by atoms with Crippen LogP contribution in [0.4, 0.5) is 0 Å². The van der Waals surface area contributed by atoms with Gasteiger partial charge in [0, 0.05) is 12.1 Å². The van der Waals surface area contributed by atoms with Crippen LogP contribution in [0.25, 0.3) is 0 Å². The number of hydrogen-bond acceptors (Lipinski definition) is 3. The Kier molecular flexibility index (Phi) is 7.17. The first-order valence-corrected chi connectivity index (χ1v) is 7.30. The van der Waals surface area contributed by atoms with E-state index in [1.54, 1.807) is 23.1 Å². The number of carbonyl (C=O) groups is 1. The predicted molar refractivity (Wildman–Crippen MR) is 83.8 cm³/mol. The average molecular weight is 289 g/mol. The SMILES string of the molecule is C#CCN(CCC)C(=O)c1ccc(OCC)c(OCC)c1. The summed E-state index contributed by atoms with van der Waals surface area (Å²) < 4.78 is 11.0. The lowest BCUT2D eigenvalue weighted by Crippen LogP contribution is -2.32. The van der Waals surface area contributed by atoms with Gasteiger partial charge in [0.2, 0.25) is 0 Å². The molecule has 0 aliphatic carbocycles.